The Kier molecular flexibility index (Phi) is 6.16. The van der Waals surface area contributed by atoms with Crippen molar-refractivity contribution in [2.24, 2.45) is 0 Å². The number of carboxylic acids is 1. The monoisotopic (exact) mass is 472 g/mol. The van der Waals surface area contributed by atoms with Gasteiger partial charge in [0.25, 0.3) is 11.1 Å². The summed E-state index contributed by atoms with van der Waals surface area (Å²) in [5.74, 6) is -1.22. The van der Waals surface area contributed by atoms with Crippen LogP contribution in [0.1, 0.15) is 46.0 Å². The molecule has 1 saturated heterocycles. The number of hydrogen-bond donors (Lipinski definition) is 3. The predicted molar refractivity (Wildman–Crippen MR) is 120 cm³/mol. The maximum atomic E-state index is 12.8. The lowest BCUT2D eigenvalue weighted by atomic mass is 10.1. The fraction of sp³-hybridized carbons (Fsp3) is 0.273. The molecule has 0 radical (unpaired) electrons. The van der Waals surface area contributed by atoms with Crippen LogP contribution in [-0.4, -0.2) is 38.4 Å². The van der Waals surface area contributed by atoms with Crippen molar-refractivity contribution in [3.05, 3.63) is 59.2 Å². The average Bonchev–Trinajstić information content (AvgIpc) is 3.06. The van der Waals surface area contributed by atoms with E-state index in [0.29, 0.717) is 29.1 Å². The van der Waals surface area contributed by atoms with Crippen molar-refractivity contribution in [1.82, 2.24) is 10.6 Å². The van der Waals surface area contributed by atoms with E-state index in [1.807, 2.05) is 19.1 Å². The lowest BCUT2D eigenvalue weighted by molar-refractivity contribution is -0.118. The zero-order valence-corrected chi connectivity index (χ0v) is 18.7. The summed E-state index contributed by atoms with van der Waals surface area (Å²) in [7, 11) is 0. The van der Waals surface area contributed by atoms with E-state index in [0.717, 1.165) is 23.7 Å². The minimum absolute atomic E-state index is 0.0507. The molecular weight excluding hydrogens is 452 g/mol. The third-order valence-corrected chi connectivity index (χ3v) is 7.30. The van der Waals surface area contributed by atoms with E-state index in [1.54, 1.807) is 18.2 Å². The third kappa shape index (κ3) is 4.61. The van der Waals surface area contributed by atoms with E-state index in [1.165, 1.54) is 23.9 Å². The highest BCUT2D eigenvalue weighted by Crippen LogP contribution is 2.42. The van der Waals surface area contributed by atoms with E-state index in [4.69, 9.17) is 4.74 Å². The minimum Gasteiger partial charge on any atom is -0.478 e. The molecule has 2 aliphatic heterocycles. The van der Waals surface area contributed by atoms with Crippen LogP contribution in [0.5, 0.6) is 5.75 Å². The first-order chi connectivity index (χ1) is 15.3. The van der Waals surface area contributed by atoms with Crippen LogP contribution in [0.3, 0.4) is 0 Å². The normalized spacial score (nSPS) is 22.2. The number of amides is 3. The molecule has 2 aliphatic rings. The number of thioether (sulfide) groups is 2. The summed E-state index contributed by atoms with van der Waals surface area (Å²) in [6, 6.07) is 11.7. The van der Waals surface area contributed by atoms with E-state index in [2.05, 4.69) is 10.6 Å². The number of carboxylic acid groups (broad SMARTS) is 1. The van der Waals surface area contributed by atoms with Gasteiger partial charge in [-0.15, -0.1) is 0 Å². The summed E-state index contributed by atoms with van der Waals surface area (Å²) in [6.45, 7) is 1.98. The summed E-state index contributed by atoms with van der Waals surface area (Å²) in [4.78, 5) is 47.8. The van der Waals surface area contributed by atoms with E-state index in [9.17, 15) is 24.3 Å². The summed E-state index contributed by atoms with van der Waals surface area (Å²) in [5.41, 5.74) is 1.24. The highest BCUT2D eigenvalue weighted by molar-refractivity contribution is 8.15. The van der Waals surface area contributed by atoms with Crippen molar-refractivity contribution < 1.29 is 29.0 Å². The zero-order chi connectivity index (χ0) is 22.9. The number of ether oxygens (including phenoxy) is 1. The van der Waals surface area contributed by atoms with Gasteiger partial charge in [-0.05, 0) is 48.7 Å². The van der Waals surface area contributed by atoms with Crippen molar-refractivity contribution >= 4 is 46.5 Å². The maximum absolute atomic E-state index is 12.8. The number of carbonyl (C=O) groups excluding carboxylic acids is 3. The molecule has 166 valence electrons. The number of rotatable bonds is 7. The summed E-state index contributed by atoms with van der Waals surface area (Å²) >= 11 is 2.32. The molecule has 3 N–H and O–H groups in total. The van der Waals surface area contributed by atoms with Gasteiger partial charge in [0, 0.05) is 11.3 Å². The second kappa shape index (κ2) is 8.87. The molecule has 2 atom stereocenters. The predicted octanol–water partition coefficient (Wildman–Crippen LogP) is 3.65. The molecule has 10 heteroatoms. The molecule has 2 unspecified atom stereocenters. The first-order valence-electron chi connectivity index (χ1n) is 9.97. The fourth-order valence-corrected chi connectivity index (χ4v) is 5.74. The number of carbonyl (C=O) groups is 4. The molecule has 4 rings (SSSR count). The van der Waals surface area contributed by atoms with Gasteiger partial charge in [0.2, 0.25) is 11.0 Å². The van der Waals surface area contributed by atoms with Crippen LogP contribution in [0, 0.1) is 0 Å². The molecule has 2 aromatic rings. The molecular formula is C22H20N2O6S2. The second-order valence-corrected chi connectivity index (χ2v) is 9.89. The van der Waals surface area contributed by atoms with Gasteiger partial charge in [0.15, 0.2) is 0 Å². The molecule has 2 heterocycles. The van der Waals surface area contributed by atoms with Crippen LogP contribution in [0.25, 0.3) is 0 Å². The molecule has 0 spiro atoms. The van der Waals surface area contributed by atoms with Crippen LogP contribution < -0.4 is 15.4 Å². The van der Waals surface area contributed by atoms with Gasteiger partial charge in [0.1, 0.15) is 5.75 Å². The van der Waals surface area contributed by atoms with Gasteiger partial charge in [-0.25, -0.2) is 4.79 Å². The largest absolute Gasteiger partial charge is 0.478 e. The summed E-state index contributed by atoms with van der Waals surface area (Å²) in [6.07, 6.45) is 1.70. The van der Waals surface area contributed by atoms with E-state index in [-0.39, 0.29) is 22.6 Å². The van der Waals surface area contributed by atoms with Crippen LogP contribution in [0.15, 0.2) is 47.4 Å². The molecule has 0 bridgehead atoms. The fourth-order valence-electron chi connectivity index (χ4n) is 3.54. The molecule has 2 aromatic carbocycles. The molecule has 3 amide bonds. The minimum atomic E-state index is -1.09. The molecule has 32 heavy (non-hydrogen) atoms. The second-order valence-electron chi connectivity index (χ2n) is 7.41. The van der Waals surface area contributed by atoms with Crippen molar-refractivity contribution in [3.63, 3.8) is 0 Å². The van der Waals surface area contributed by atoms with Crippen LogP contribution in [0.2, 0.25) is 0 Å². The smallest absolute Gasteiger partial charge is 0.335 e. The Labute approximate surface area is 192 Å². The Hall–Kier alpha value is -2.98. The van der Waals surface area contributed by atoms with Gasteiger partial charge < -0.3 is 15.2 Å². The van der Waals surface area contributed by atoms with Crippen molar-refractivity contribution in [2.45, 2.75) is 41.4 Å². The van der Waals surface area contributed by atoms with E-state index < -0.39 is 16.3 Å². The highest BCUT2D eigenvalue weighted by Gasteiger charge is 2.41. The quantitative estimate of drug-likeness (QED) is 0.558. The Bertz CT molecular complexity index is 1100. The number of imide groups is 1. The number of fused-ring (bicyclic) bond motifs is 1. The van der Waals surface area contributed by atoms with Crippen molar-refractivity contribution in [3.8, 4) is 5.75 Å². The first-order valence-corrected chi connectivity index (χ1v) is 11.7. The van der Waals surface area contributed by atoms with Crippen LogP contribution in [0.4, 0.5) is 4.79 Å². The Morgan fingerprint density at radius 1 is 1.16 bits per heavy atom. The number of aromatic carboxylic acids is 1. The van der Waals surface area contributed by atoms with Gasteiger partial charge in [-0.3, -0.25) is 19.7 Å². The lowest BCUT2D eigenvalue weighted by Crippen LogP contribution is -2.52. The summed E-state index contributed by atoms with van der Waals surface area (Å²) in [5, 5.41) is 12.6. The molecule has 0 aromatic heterocycles. The molecule has 0 aliphatic carbocycles. The van der Waals surface area contributed by atoms with Gasteiger partial charge in [0.05, 0.1) is 16.4 Å². The summed E-state index contributed by atoms with van der Waals surface area (Å²) < 4.78 is 6.23. The topological polar surface area (TPSA) is 122 Å². The Morgan fingerprint density at radius 3 is 2.53 bits per heavy atom. The molecule has 1 fully saturated rings. The van der Waals surface area contributed by atoms with Crippen molar-refractivity contribution in [1.29, 1.82) is 0 Å². The average molecular weight is 473 g/mol. The third-order valence-electron chi connectivity index (χ3n) is 5.02. The zero-order valence-electron chi connectivity index (χ0n) is 17.0. The number of nitrogens with one attached hydrogen (secondary N) is 2. The lowest BCUT2D eigenvalue weighted by Gasteiger charge is -2.38. The van der Waals surface area contributed by atoms with Crippen molar-refractivity contribution in [2.75, 3.05) is 0 Å². The Balaban J connectivity index is 1.52. The van der Waals surface area contributed by atoms with Crippen LogP contribution in [-0.2, 0) is 11.2 Å². The van der Waals surface area contributed by atoms with E-state index >= 15 is 0 Å². The molecule has 8 nitrogen and oxygen atoms in total. The van der Waals surface area contributed by atoms with Gasteiger partial charge in [-0.1, -0.05) is 42.6 Å². The highest BCUT2D eigenvalue weighted by atomic mass is 32.2. The molecule has 0 saturated carbocycles. The SMILES string of the molecule is CCCC1(Oc2ccc(CC3SC(=O)NC3=O)cc2)NC(=O)c2cc(C(=O)O)ccc2S1. The van der Waals surface area contributed by atoms with Gasteiger partial charge >= 0.3 is 5.97 Å². The standard InChI is InChI=1S/C22H20N2O6S2/c1-2-9-22(24-18(25)15-11-13(20(27)28)5-8-16(15)32-22)30-14-6-3-12(4-7-14)10-17-19(26)23-21(29)31-17/h3-8,11,17H,2,9-10H2,1H3,(H,24,25)(H,27,28)(H,23,26,29). The maximum Gasteiger partial charge on any atom is 0.335 e. The Morgan fingerprint density at radius 2 is 1.91 bits per heavy atom. The first kappa shape index (κ1) is 22.2. The number of hydrogen-bond acceptors (Lipinski definition) is 7. The van der Waals surface area contributed by atoms with Gasteiger partial charge in [-0.2, -0.15) is 0 Å². The van der Waals surface area contributed by atoms with Crippen LogP contribution >= 0.6 is 23.5 Å². The number of benzene rings is 2.